The van der Waals surface area contributed by atoms with Gasteiger partial charge in [-0.2, -0.15) is 8.42 Å². The Morgan fingerprint density at radius 2 is 2.33 bits per heavy atom. The first-order chi connectivity index (χ1) is 5.47. The third kappa shape index (κ3) is 3.19. The quantitative estimate of drug-likeness (QED) is 0.448. The second kappa shape index (κ2) is 3.40. The van der Waals surface area contributed by atoms with E-state index in [0.29, 0.717) is 0 Å². The molecular formula is C6H10O5S. The molecule has 0 amide bonds. The molecule has 0 radical (unpaired) electrons. The van der Waals surface area contributed by atoms with E-state index in [1.165, 1.54) is 0 Å². The molecule has 1 rings (SSSR count). The van der Waals surface area contributed by atoms with Crippen molar-refractivity contribution >= 4 is 16.1 Å². The van der Waals surface area contributed by atoms with Crippen LogP contribution in [0.3, 0.4) is 0 Å². The van der Waals surface area contributed by atoms with Gasteiger partial charge in [0.25, 0.3) is 10.1 Å². The van der Waals surface area contributed by atoms with E-state index >= 15 is 0 Å². The fourth-order valence-electron chi connectivity index (χ4n) is 0.891. The first-order valence-electron chi connectivity index (χ1n) is 3.47. The second-order valence-corrected chi connectivity index (χ2v) is 4.39. The van der Waals surface area contributed by atoms with E-state index in [1.807, 2.05) is 0 Å². The first-order valence-corrected chi connectivity index (χ1v) is 5.29. The number of cyclic esters (lactones) is 1. The van der Waals surface area contributed by atoms with Gasteiger partial charge in [0, 0.05) is 5.92 Å². The summed E-state index contributed by atoms with van der Waals surface area (Å²) in [6.45, 7) is 0.291. The highest BCUT2D eigenvalue weighted by atomic mass is 32.2. The van der Waals surface area contributed by atoms with Crippen molar-refractivity contribution in [2.24, 2.45) is 5.92 Å². The summed E-state index contributed by atoms with van der Waals surface area (Å²) < 4.78 is 30.2. The van der Waals surface area contributed by atoms with Gasteiger partial charge in [-0.05, 0) is 0 Å². The van der Waals surface area contributed by atoms with Crippen LogP contribution in [0.2, 0.25) is 0 Å². The summed E-state index contributed by atoms with van der Waals surface area (Å²) in [5.74, 6) is -0.413. The predicted molar refractivity (Wildman–Crippen MR) is 39.9 cm³/mol. The molecule has 1 unspecified atom stereocenters. The second-order valence-electron chi connectivity index (χ2n) is 2.74. The Balaban J connectivity index is 2.30. The van der Waals surface area contributed by atoms with Gasteiger partial charge in [0.15, 0.2) is 0 Å². The summed E-state index contributed by atoms with van der Waals surface area (Å²) in [6, 6.07) is 0. The molecule has 5 nitrogen and oxygen atoms in total. The van der Waals surface area contributed by atoms with E-state index in [1.54, 1.807) is 0 Å². The number of esters is 1. The molecule has 12 heavy (non-hydrogen) atoms. The van der Waals surface area contributed by atoms with Crippen LogP contribution in [0.25, 0.3) is 0 Å². The predicted octanol–water partition coefficient (Wildman–Crippen LogP) is -0.474. The topological polar surface area (TPSA) is 69.7 Å². The van der Waals surface area contributed by atoms with E-state index < -0.39 is 10.1 Å². The summed E-state index contributed by atoms with van der Waals surface area (Å²) in [5, 5.41) is 0. The van der Waals surface area contributed by atoms with Crippen LogP contribution in [0, 0.1) is 5.92 Å². The minimum atomic E-state index is -3.40. The van der Waals surface area contributed by atoms with Gasteiger partial charge in [0.1, 0.15) is 0 Å². The summed E-state index contributed by atoms with van der Waals surface area (Å²) >= 11 is 0. The molecule has 6 heteroatoms. The Bertz CT molecular complexity index is 268. The maximum Gasteiger partial charge on any atom is 0.306 e. The number of ether oxygens (including phenoxy) is 1. The maximum atomic E-state index is 10.6. The fourth-order valence-corrected chi connectivity index (χ4v) is 1.33. The van der Waals surface area contributed by atoms with Crippen molar-refractivity contribution in [2.75, 3.05) is 19.5 Å². The Kier molecular flexibility index (Phi) is 2.69. The fraction of sp³-hybridized carbons (Fsp3) is 0.833. The molecule has 0 aliphatic carbocycles. The molecule has 1 fully saturated rings. The van der Waals surface area contributed by atoms with Gasteiger partial charge in [-0.25, -0.2) is 0 Å². The van der Waals surface area contributed by atoms with Crippen LogP contribution in [0.1, 0.15) is 6.42 Å². The molecule has 0 N–H and O–H groups in total. The van der Waals surface area contributed by atoms with Crippen LogP contribution in [0.4, 0.5) is 0 Å². The highest BCUT2D eigenvalue weighted by molar-refractivity contribution is 7.85. The van der Waals surface area contributed by atoms with Crippen molar-refractivity contribution in [1.82, 2.24) is 0 Å². The molecule has 1 heterocycles. The minimum Gasteiger partial charge on any atom is -0.465 e. The van der Waals surface area contributed by atoms with Crippen molar-refractivity contribution in [1.29, 1.82) is 0 Å². The van der Waals surface area contributed by atoms with Crippen LogP contribution in [0.5, 0.6) is 0 Å². The van der Waals surface area contributed by atoms with Gasteiger partial charge in [-0.1, -0.05) is 0 Å². The van der Waals surface area contributed by atoms with Crippen molar-refractivity contribution in [3.05, 3.63) is 0 Å². The van der Waals surface area contributed by atoms with Gasteiger partial charge < -0.3 is 4.74 Å². The Morgan fingerprint density at radius 1 is 1.67 bits per heavy atom. The SMILES string of the molecule is CS(=O)(=O)OCC1COC(=O)C1. The van der Waals surface area contributed by atoms with E-state index in [-0.39, 0.29) is 31.5 Å². The van der Waals surface area contributed by atoms with Gasteiger partial charge in [-0.15, -0.1) is 0 Å². The van der Waals surface area contributed by atoms with Crippen molar-refractivity contribution in [2.45, 2.75) is 6.42 Å². The third-order valence-electron chi connectivity index (χ3n) is 1.45. The molecule has 70 valence electrons. The largest absolute Gasteiger partial charge is 0.465 e. The number of carbonyl (C=O) groups excluding carboxylic acids is 1. The van der Waals surface area contributed by atoms with Crippen molar-refractivity contribution < 1.29 is 22.1 Å². The molecule has 1 saturated heterocycles. The lowest BCUT2D eigenvalue weighted by Crippen LogP contribution is -2.13. The molecule has 1 atom stereocenters. The summed E-state index contributed by atoms with van der Waals surface area (Å²) in [4.78, 5) is 10.6. The number of carbonyl (C=O) groups is 1. The molecule has 0 saturated carbocycles. The van der Waals surface area contributed by atoms with Gasteiger partial charge in [0.05, 0.1) is 25.9 Å². The Labute approximate surface area is 70.8 Å². The molecule has 0 aromatic carbocycles. The average Bonchev–Trinajstić information content (AvgIpc) is 2.30. The zero-order valence-electron chi connectivity index (χ0n) is 6.65. The molecule has 0 aromatic rings. The highest BCUT2D eigenvalue weighted by Crippen LogP contribution is 2.14. The molecule has 0 aromatic heterocycles. The first kappa shape index (κ1) is 9.47. The molecule has 0 bridgehead atoms. The summed E-state index contributed by atoms with van der Waals surface area (Å²) in [6.07, 6.45) is 1.22. The molecule has 1 aliphatic heterocycles. The van der Waals surface area contributed by atoms with E-state index in [0.717, 1.165) is 6.26 Å². The normalized spacial score (nSPS) is 24.1. The Morgan fingerprint density at radius 3 is 2.75 bits per heavy atom. The molecule has 0 spiro atoms. The zero-order valence-corrected chi connectivity index (χ0v) is 7.46. The summed E-state index contributed by atoms with van der Waals surface area (Å²) in [7, 11) is -3.40. The highest BCUT2D eigenvalue weighted by Gasteiger charge is 2.24. The average molecular weight is 194 g/mol. The maximum absolute atomic E-state index is 10.6. The van der Waals surface area contributed by atoms with Crippen LogP contribution in [-0.4, -0.2) is 33.9 Å². The van der Waals surface area contributed by atoms with Crippen LogP contribution in [0.15, 0.2) is 0 Å². The lowest BCUT2D eigenvalue weighted by Gasteiger charge is -2.04. The van der Waals surface area contributed by atoms with Crippen LogP contribution in [-0.2, 0) is 23.8 Å². The number of rotatable bonds is 3. The van der Waals surface area contributed by atoms with E-state index in [4.69, 9.17) is 0 Å². The van der Waals surface area contributed by atoms with Gasteiger partial charge >= 0.3 is 5.97 Å². The van der Waals surface area contributed by atoms with E-state index in [2.05, 4.69) is 8.92 Å². The zero-order chi connectivity index (χ0) is 9.19. The van der Waals surface area contributed by atoms with Gasteiger partial charge in [0.2, 0.25) is 0 Å². The van der Waals surface area contributed by atoms with E-state index in [9.17, 15) is 13.2 Å². The Hall–Kier alpha value is -0.620. The van der Waals surface area contributed by atoms with Crippen molar-refractivity contribution in [3.8, 4) is 0 Å². The summed E-state index contributed by atoms with van der Waals surface area (Å²) in [5.41, 5.74) is 0. The van der Waals surface area contributed by atoms with Crippen molar-refractivity contribution in [3.63, 3.8) is 0 Å². The molecule has 1 aliphatic rings. The number of hydrogen-bond acceptors (Lipinski definition) is 5. The monoisotopic (exact) mass is 194 g/mol. The smallest absolute Gasteiger partial charge is 0.306 e. The minimum absolute atomic E-state index is 0.0323. The van der Waals surface area contributed by atoms with Crippen LogP contribution >= 0.6 is 0 Å². The number of hydrogen-bond donors (Lipinski definition) is 0. The molecular weight excluding hydrogens is 184 g/mol. The lowest BCUT2D eigenvalue weighted by molar-refractivity contribution is -0.137. The lowest BCUT2D eigenvalue weighted by atomic mass is 10.1. The van der Waals surface area contributed by atoms with Gasteiger partial charge in [-0.3, -0.25) is 8.98 Å². The van der Waals surface area contributed by atoms with Crippen LogP contribution < -0.4 is 0 Å². The standard InChI is InChI=1S/C6H10O5S/c1-12(8,9)11-4-5-2-6(7)10-3-5/h5H,2-4H2,1H3. The third-order valence-corrected chi connectivity index (χ3v) is 2.02.